The highest BCUT2D eigenvalue weighted by molar-refractivity contribution is 6.08. The Morgan fingerprint density at radius 3 is 2.44 bits per heavy atom. The number of hydrogen-bond donors (Lipinski definition) is 0. The lowest BCUT2D eigenvalue weighted by Gasteiger charge is -2.39. The van der Waals surface area contributed by atoms with Crippen LogP contribution in [0.5, 0.6) is 11.5 Å². The fraction of sp³-hybridized carbons (Fsp3) is 0.333. The fourth-order valence-corrected chi connectivity index (χ4v) is 4.56. The van der Waals surface area contributed by atoms with Crippen molar-refractivity contribution in [1.82, 2.24) is 0 Å². The number of alkyl halides is 3. The molecule has 0 bridgehead atoms. The number of nitrogens with zero attached hydrogens (tertiary/aromatic N) is 1. The number of ether oxygens (including phenoxy) is 2. The Labute approximate surface area is 183 Å². The summed E-state index contributed by atoms with van der Waals surface area (Å²) in [6.07, 6.45) is -3.70. The van der Waals surface area contributed by atoms with Crippen LogP contribution in [0.2, 0.25) is 0 Å². The number of rotatable bonds is 4. The van der Waals surface area contributed by atoms with E-state index in [4.69, 9.17) is 9.47 Å². The average molecular weight is 445 g/mol. The highest BCUT2D eigenvalue weighted by atomic mass is 19.4. The van der Waals surface area contributed by atoms with E-state index >= 15 is 0 Å². The van der Waals surface area contributed by atoms with Crippen LogP contribution in [0, 0.1) is 0 Å². The number of para-hydroxylation sites is 1. The molecule has 1 aliphatic heterocycles. The second-order valence-electron chi connectivity index (χ2n) is 7.75. The molecule has 32 heavy (non-hydrogen) atoms. The van der Waals surface area contributed by atoms with E-state index in [2.05, 4.69) is 0 Å². The first-order chi connectivity index (χ1) is 15.3. The predicted octanol–water partition coefficient (Wildman–Crippen LogP) is 5.25. The van der Waals surface area contributed by atoms with Crippen LogP contribution in [0.25, 0.3) is 0 Å². The van der Waals surface area contributed by atoms with Crippen molar-refractivity contribution in [3.8, 4) is 11.5 Å². The minimum absolute atomic E-state index is 0.152. The topological polar surface area (TPSA) is 55.8 Å². The van der Waals surface area contributed by atoms with E-state index in [1.165, 1.54) is 32.4 Å². The Hall–Kier alpha value is -3.29. The fourth-order valence-electron chi connectivity index (χ4n) is 4.56. The van der Waals surface area contributed by atoms with Gasteiger partial charge < -0.3 is 9.47 Å². The van der Waals surface area contributed by atoms with Crippen molar-refractivity contribution < 1.29 is 32.2 Å². The molecular weight excluding hydrogens is 423 g/mol. The highest BCUT2D eigenvalue weighted by Gasteiger charge is 2.43. The van der Waals surface area contributed by atoms with Crippen molar-refractivity contribution in [3.63, 3.8) is 0 Å². The Morgan fingerprint density at radius 2 is 1.75 bits per heavy atom. The van der Waals surface area contributed by atoms with E-state index in [-0.39, 0.29) is 24.3 Å². The zero-order chi connectivity index (χ0) is 23.0. The molecule has 0 spiro atoms. The van der Waals surface area contributed by atoms with Crippen LogP contribution in [-0.4, -0.2) is 25.9 Å². The number of methoxy groups -OCH3 is 2. The number of anilines is 1. The second kappa shape index (κ2) is 8.33. The summed E-state index contributed by atoms with van der Waals surface area (Å²) < 4.78 is 51.9. The van der Waals surface area contributed by atoms with E-state index in [9.17, 15) is 22.8 Å². The minimum Gasteiger partial charge on any atom is -0.497 e. The molecule has 0 saturated heterocycles. The van der Waals surface area contributed by atoms with E-state index in [0.29, 0.717) is 41.2 Å². The summed E-state index contributed by atoms with van der Waals surface area (Å²) in [5, 5.41) is 0. The number of halogens is 3. The quantitative estimate of drug-likeness (QED) is 0.645. The molecule has 4 rings (SSSR count). The van der Waals surface area contributed by atoms with Crippen LogP contribution in [0.3, 0.4) is 0 Å². The number of carbonyl (C=O) groups is 2. The largest absolute Gasteiger partial charge is 0.497 e. The molecule has 0 saturated carbocycles. The second-order valence-corrected chi connectivity index (χ2v) is 7.75. The molecule has 2 aromatic rings. The zero-order valence-corrected chi connectivity index (χ0v) is 17.7. The lowest BCUT2D eigenvalue weighted by atomic mass is 9.76. The molecule has 0 radical (unpaired) electrons. The van der Waals surface area contributed by atoms with Crippen LogP contribution in [0.4, 0.5) is 18.9 Å². The summed E-state index contributed by atoms with van der Waals surface area (Å²) in [5.74, 6) is -0.265. The van der Waals surface area contributed by atoms with Crippen LogP contribution in [0.15, 0.2) is 53.7 Å². The van der Waals surface area contributed by atoms with Crippen molar-refractivity contribution in [2.45, 2.75) is 37.8 Å². The molecule has 0 fully saturated rings. The van der Waals surface area contributed by atoms with Crippen molar-refractivity contribution >= 4 is 17.4 Å². The highest BCUT2D eigenvalue weighted by Crippen LogP contribution is 2.48. The zero-order valence-electron chi connectivity index (χ0n) is 17.7. The standard InChI is InChI=1S/C24H22F3NO4/c1-31-14-10-11-21(32-2)15(12-14)16-13-22(30)28(19-8-5-9-20(29)23(16)19)18-7-4-3-6-17(18)24(25,26)27/h3-4,6-7,10-12,16H,5,8-9,13H2,1-2H3/t16-/m1/s1. The maximum absolute atomic E-state index is 13.7. The van der Waals surface area contributed by atoms with Gasteiger partial charge in [0.2, 0.25) is 5.91 Å². The van der Waals surface area contributed by atoms with Gasteiger partial charge in [-0.05, 0) is 43.2 Å². The molecule has 0 N–H and O–H groups in total. The number of allylic oxidation sites excluding steroid dienone is 2. The molecule has 5 nitrogen and oxygen atoms in total. The first-order valence-corrected chi connectivity index (χ1v) is 10.2. The van der Waals surface area contributed by atoms with Gasteiger partial charge in [-0.15, -0.1) is 0 Å². The van der Waals surface area contributed by atoms with Crippen molar-refractivity contribution in [1.29, 1.82) is 0 Å². The van der Waals surface area contributed by atoms with E-state index in [1.807, 2.05) is 0 Å². The number of hydrogen-bond acceptors (Lipinski definition) is 4. The molecule has 1 aliphatic carbocycles. The first kappa shape index (κ1) is 21.9. The SMILES string of the molecule is COc1ccc(OC)c([C@H]2CC(=O)N(c3ccccc3C(F)(F)F)C3=C2C(=O)CCC3)c1. The molecule has 0 aromatic heterocycles. The lowest BCUT2D eigenvalue weighted by Crippen LogP contribution is -2.41. The number of carbonyl (C=O) groups excluding carboxylic acids is 2. The van der Waals surface area contributed by atoms with Gasteiger partial charge in [-0.3, -0.25) is 14.5 Å². The smallest absolute Gasteiger partial charge is 0.418 e. The summed E-state index contributed by atoms with van der Waals surface area (Å²) in [7, 11) is 2.99. The summed E-state index contributed by atoms with van der Waals surface area (Å²) in [6.45, 7) is 0. The number of amides is 1. The van der Waals surface area contributed by atoms with Crippen LogP contribution >= 0.6 is 0 Å². The summed E-state index contributed by atoms with van der Waals surface area (Å²) in [4.78, 5) is 27.5. The predicted molar refractivity (Wildman–Crippen MR) is 112 cm³/mol. The van der Waals surface area contributed by atoms with Gasteiger partial charge in [0, 0.05) is 35.6 Å². The Balaban J connectivity index is 1.93. The third-order valence-corrected chi connectivity index (χ3v) is 5.94. The third-order valence-electron chi connectivity index (χ3n) is 5.94. The van der Waals surface area contributed by atoms with E-state index in [0.717, 1.165) is 11.0 Å². The Morgan fingerprint density at radius 1 is 1.00 bits per heavy atom. The van der Waals surface area contributed by atoms with Crippen LogP contribution < -0.4 is 14.4 Å². The number of benzene rings is 2. The van der Waals surface area contributed by atoms with Gasteiger partial charge in [0.25, 0.3) is 0 Å². The van der Waals surface area contributed by atoms with Crippen molar-refractivity contribution in [3.05, 3.63) is 64.9 Å². The van der Waals surface area contributed by atoms with Crippen molar-refractivity contribution in [2.75, 3.05) is 19.1 Å². The third kappa shape index (κ3) is 3.74. The Kier molecular flexibility index (Phi) is 5.71. The average Bonchev–Trinajstić information content (AvgIpc) is 2.77. The first-order valence-electron chi connectivity index (χ1n) is 10.2. The van der Waals surface area contributed by atoms with Crippen LogP contribution in [0.1, 0.15) is 42.7 Å². The molecule has 168 valence electrons. The molecular formula is C24H22F3NO4. The van der Waals surface area contributed by atoms with Crippen LogP contribution in [-0.2, 0) is 15.8 Å². The summed E-state index contributed by atoms with van der Waals surface area (Å²) >= 11 is 0. The maximum atomic E-state index is 13.7. The molecule has 8 heteroatoms. The van der Waals surface area contributed by atoms with Crippen molar-refractivity contribution in [2.24, 2.45) is 0 Å². The minimum atomic E-state index is -4.64. The van der Waals surface area contributed by atoms with Gasteiger partial charge in [-0.1, -0.05) is 12.1 Å². The molecule has 2 aliphatic rings. The lowest BCUT2D eigenvalue weighted by molar-refractivity contribution is -0.137. The van der Waals surface area contributed by atoms with Gasteiger partial charge in [0.1, 0.15) is 11.5 Å². The molecule has 1 heterocycles. The van der Waals surface area contributed by atoms with E-state index in [1.54, 1.807) is 18.2 Å². The summed E-state index contributed by atoms with van der Waals surface area (Å²) in [6, 6.07) is 10.1. The van der Waals surface area contributed by atoms with Gasteiger partial charge in [-0.2, -0.15) is 13.2 Å². The molecule has 2 aromatic carbocycles. The molecule has 1 amide bonds. The molecule has 1 atom stereocenters. The van der Waals surface area contributed by atoms with E-state index < -0.39 is 23.6 Å². The van der Waals surface area contributed by atoms with Gasteiger partial charge in [0.05, 0.1) is 25.5 Å². The number of Topliss-reactive ketones (excluding diaryl/α,β-unsaturated/α-hetero) is 1. The monoisotopic (exact) mass is 445 g/mol. The van der Waals surface area contributed by atoms with Gasteiger partial charge in [0.15, 0.2) is 5.78 Å². The maximum Gasteiger partial charge on any atom is 0.418 e. The number of ketones is 1. The normalized spacial score (nSPS) is 19.2. The molecule has 0 unspecified atom stereocenters. The summed E-state index contributed by atoms with van der Waals surface area (Å²) in [5.41, 5.74) is 0.161. The van der Waals surface area contributed by atoms with Gasteiger partial charge >= 0.3 is 6.18 Å². The Bertz CT molecular complexity index is 1110. The van der Waals surface area contributed by atoms with Gasteiger partial charge in [-0.25, -0.2) is 0 Å².